The maximum absolute atomic E-state index is 12.5. The maximum Gasteiger partial charge on any atom is 0.433 e. The fourth-order valence-electron chi connectivity index (χ4n) is 2.46. The third-order valence-corrected chi connectivity index (χ3v) is 3.67. The van der Waals surface area contributed by atoms with E-state index in [0.717, 1.165) is 37.9 Å². The molecule has 1 fully saturated rings. The van der Waals surface area contributed by atoms with Gasteiger partial charge in [-0.1, -0.05) is 18.0 Å². The first-order valence-corrected chi connectivity index (χ1v) is 6.55. The van der Waals surface area contributed by atoms with Crippen molar-refractivity contribution in [2.45, 2.75) is 37.4 Å². The fraction of sp³-hybridized carbons (Fsp3) is 0.462. The highest BCUT2D eigenvalue weighted by molar-refractivity contribution is 5.51. The van der Waals surface area contributed by atoms with Crippen LogP contribution < -0.4 is 5.73 Å². The number of hydrogen-bond acceptors (Lipinski definition) is 5. The van der Waals surface area contributed by atoms with Gasteiger partial charge in [-0.05, 0) is 25.0 Å². The van der Waals surface area contributed by atoms with Crippen molar-refractivity contribution in [2.24, 2.45) is 5.73 Å². The van der Waals surface area contributed by atoms with Crippen LogP contribution in [0, 0.1) is 0 Å². The van der Waals surface area contributed by atoms with Gasteiger partial charge in [0.1, 0.15) is 5.69 Å². The molecule has 0 aliphatic heterocycles. The number of alkyl halides is 3. The van der Waals surface area contributed by atoms with Crippen LogP contribution >= 0.6 is 0 Å². The normalized spacial score (nSPS) is 18.1. The zero-order chi connectivity index (χ0) is 15.1. The van der Waals surface area contributed by atoms with Crippen LogP contribution in [-0.2, 0) is 11.7 Å². The zero-order valence-corrected chi connectivity index (χ0v) is 11.0. The predicted molar refractivity (Wildman–Crippen MR) is 66.9 cm³/mol. The molecule has 1 aliphatic rings. The summed E-state index contributed by atoms with van der Waals surface area (Å²) in [5, 5.41) is 3.86. The van der Waals surface area contributed by atoms with Crippen molar-refractivity contribution in [3.8, 4) is 11.5 Å². The molecule has 2 heterocycles. The molecule has 0 atom stereocenters. The van der Waals surface area contributed by atoms with Crippen LogP contribution in [0.5, 0.6) is 0 Å². The van der Waals surface area contributed by atoms with Gasteiger partial charge in [-0.2, -0.15) is 18.2 Å². The largest absolute Gasteiger partial charge is 0.433 e. The molecule has 8 heteroatoms. The molecule has 0 saturated heterocycles. The minimum Gasteiger partial charge on any atom is -0.334 e. The van der Waals surface area contributed by atoms with Crippen molar-refractivity contribution in [2.75, 3.05) is 0 Å². The van der Waals surface area contributed by atoms with Gasteiger partial charge in [-0.25, -0.2) is 0 Å². The van der Waals surface area contributed by atoms with Crippen LogP contribution in [0.4, 0.5) is 13.2 Å². The summed E-state index contributed by atoms with van der Waals surface area (Å²) in [6.07, 6.45) is 0.153. The third-order valence-electron chi connectivity index (χ3n) is 3.67. The van der Waals surface area contributed by atoms with Gasteiger partial charge in [0, 0.05) is 6.20 Å². The number of halogens is 3. The van der Waals surface area contributed by atoms with Crippen LogP contribution in [0.25, 0.3) is 11.5 Å². The van der Waals surface area contributed by atoms with Gasteiger partial charge in [-0.15, -0.1) is 0 Å². The van der Waals surface area contributed by atoms with Gasteiger partial charge < -0.3 is 10.3 Å². The summed E-state index contributed by atoms with van der Waals surface area (Å²) in [7, 11) is 0. The Morgan fingerprint density at radius 2 is 1.90 bits per heavy atom. The van der Waals surface area contributed by atoms with E-state index in [1.165, 1.54) is 6.07 Å². The monoisotopic (exact) mass is 298 g/mol. The van der Waals surface area contributed by atoms with Gasteiger partial charge in [0.25, 0.3) is 5.89 Å². The smallest absolute Gasteiger partial charge is 0.334 e. The molecule has 1 saturated carbocycles. The Morgan fingerprint density at radius 1 is 1.19 bits per heavy atom. The standard InChI is InChI=1S/C13H13F3N4O/c14-13(15,16)9-4-3-8(7-18-9)10-19-11(20-21-10)12(17)5-1-2-6-12/h3-4,7H,1-2,5-6,17H2. The number of hydrogen-bond donors (Lipinski definition) is 1. The summed E-state index contributed by atoms with van der Waals surface area (Å²) in [5.74, 6) is 0.526. The molecule has 0 spiro atoms. The summed E-state index contributed by atoms with van der Waals surface area (Å²) in [4.78, 5) is 7.57. The molecular weight excluding hydrogens is 285 g/mol. The second-order valence-corrected chi connectivity index (χ2v) is 5.22. The molecule has 5 nitrogen and oxygen atoms in total. The number of nitrogens with two attached hydrogens (primary N) is 1. The molecule has 0 bridgehead atoms. The number of aromatic nitrogens is 3. The Bertz CT molecular complexity index is 630. The van der Waals surface area contributed by atoms with Crippen molar-refractivity contribution in [3.05, 3.63) is 29.8 Å². The quantitative estimate of drug-likeness (QED) is 0.922. The lowest BCUT2D eigenvalue weighted by molar-refractivity contribution is -0.141. The van der Waals surface area contributed by atoms with Crippen molar-refractivity contribution in [1.82, 2.24) is 15.1 Å². The van der Waals surface area contributed by atoms with E-state index in [0.29, 0.717) is 11.4 Å². The van der Waals surface area contributed by atoms with Gasteiger partial charge in [0.15, 0.2) is 5.82 Å². The minimum atomic E-state index is -4.47. The van der Waals surface area contributed by atoms with Crippen LogP contribution in [0.1, 0.15) is 37.2 Å². The van der Waals surface area contributed by atoms with E-state index in [2.05, 4.69) is 15.1 Å². The Morgan fingerprint density at radius 3 is 2.48 bits per heavy atom. The Kier molecular flexibility index (Phi) is 3.20. The van der Waals surface area contributed by atoms with Crippen LogP contribution in [0.3, 0.4) is 0 Å². The Hall–Kier alpha value is -1.96. The summed E-state index contributed by atoms with van der Waals surface area (Å²) in [6.45, 7) is 0. The van der Waals surface area contributed by atoms with Gasteiger partial charge in [0.2, 0.25) is 0 Å². The van der Waals surface area contributed by atoms with Crippen molar-refractivity contribution in [3.63, 3.8) is 0 Å². The minimum absolute atomic E-state index is 0.128. The van der Waals surface area contributed by atoms with Gasteiger partial charge >= 0.3 is 6.18 Å². The molecule has 0 radical (unpaired) electrons. The van der Waals surface area contributed by atoms with E-state index >= 15 is 0 Å². The van der Waals surface area contributed by atoms with Crippen molar-refractivity contribution < 1.29 is 17.7 Å². The highest BCUT2D eigenvalue weighted by atomic mass is 19.4. The fourth-order valence-corrected chi connectivity index (χ4v) is 2.46. The molecule has 3 rings (SSSR count). The van der Waals surface area contributed by atoms with E-state index in [1.54, 1.807) is 0 Å². The topological polar surface area (TPSA) is 77.8 Å². The number of pyridine rings is 1. The summed E-state index contributed by atoms with van der Waals surface area (Å²) in [5.41, 5.74) is 4.98. The molecule has 2 aromatic heterocycles. The van der Waals surface area contributed by atoms with Crippen LogP contribution in [0.15, 0.2) is 22.9 Å². The van der Waals surface area contributed by atoms with E-state index in [-0.39, 0.29) is 5.89 Å². The zero-order valence-electron chi connectivity index (χ0n) is 11.0. The second kappa shape index (κ2) is 4.80. The molecule has 2 aromatic rings. The molecule has 0 amide bonds. The van der Waals surface area contributed by atoms with E-state index in [1.807, 2.05) is 0 Å². The lowest BCUT2D eigenvalue weighted by Crippen LogP contribution is -2.34. The average Bonchev–Trinajstić information content (AvgIpc) is 3.07. The Labute approximate surface area is 118 Å². The summed E-state index contributed by atoms with van der Waals surface area (Å²) < 4.78 is 42.4. The van der Waals surface area contributed by atoms with Crippen LogP contribution in [-0.4, -0.2) is 15.1 Å². The summed E-state index contributed by atoms with van der Waals surface area (Å²) in [6, 6.07) is 2.14. The molecule has 21 heavy (non-hydrogen) atoms. The third kappa shape index (κ3) is 2.63. The first kappa shape index (κ1) is 14.0. The van der Waals surface area contributed by atoms with Crippen LogP contribution in [0.2, 0.25) is 0 Å². The molecule has 1 aliphatic carbocycles. The average molecular weight is 298 g/mol. The first-order valence-electron chi connectivity index (χ1n) is 6.55. The van der Waals surface area contributed by atoms with Crippen molar-refractivity contribution in [1.29, 1.82) is 0 Å². The Balaban J connectivity index is 1.86. The predicted octanol–water partition coefficient (Wildman–Crippen LogP) is 2.88. The van der Waals surface area contributed by atoms with Gasteiger partial charge in [0.05, 0.1) is 11.1 Å². The first-order chi connectivity index (χ1) is 9.88. The van der Waals surface area contributed by atoms with E-state index in [9.17, 15) is 13.2 Å². The van der Waals surface area contributed by atoms with E-state index < -0.39 is 17.4 Å². The highest BCUT2D eigenvalue weighted by Crippen LogP contribution is 2.35. The molecule has 0 unspecified atom stereocenters. The summed E-state index contributed by atoms with van der Waals surface area (Å²) >= 11 is 0. The second-order valence-electron chi connectivity index (χ2n) is 5.22. The van der Waals surface area contributed by atoms with E-state index in [4.69, 9.17) is 10.3 Å². The molecular formula is C13H13F3N4O. The lowest BCUT2D eigenvalue weighted by Gasteiger charge is -2.17. The SMILES string of the molecule is NC1(c2noc(-c3ccc(C(F)(F)F)nc3)n2)CCCC1. The lowest BCUT2D eigenvalue weighted by atomic mass is 9.99. The number of nitrogens with zero attached hydrogens (tertiary/aromatic N) is 3. The molecule has 0 aromatic carbocycles. The maximum atomic E-state index is 12.5. The molecule has 2 N–H and O–H groups in total. The highest BCUT2D eigenvalue weighted by Gasteiger charge is 2.36. The number of rotatable bonds is 2. The van der Waals surface area contributed by atoms with Gasteiger partial charge in [-0.3, -0.25) is 4.98 Å². The molecule has 112 valence electrons. The van der Waals surface area contributed by atoms with Crippen molar-refractivity contribution >= 4 is 0 Å².